The van der Waals surface area contributed by atoms with Crippen LogP contribution in [-0.4, -0.2) is 69.7 Å². The lowest BCUT2D eigenvalue weighted by molar-refractivity contribution is -0.161. The molecule has 13 heteroatoms. The van der Waals surface area contributed by atoms with Crippen molar-refractivity contribution in [3.63, 3.8) is 0 Å². The number of amides is 2. The van der Waals surface area contributed by atoms with Crippen molar-refractivity contribution in [1.29, 1.82) is 0 Å². The van der Waals surface area contributed by atoms with Crippen molar-refractivity contribution < 1.29 is 18.7 Å². The predicted octanol–water partition coefficient (Wildman–Crippen LogP) is 5.37. The molecule has 2 saturated heterocycles. The fourth-order valence-corrected chi connectivity index (χ4v) is 7.77. The average Bonchev–Trinajstić information content (AvgIpc) is 3.42. The predicted molar refractivity (Wildman–Crippen MR) is 176 cm³/mol. The van der Waals surface area contributed by atoms with Crippen LogP contribution in [0, 0.1) is 11.2 Å². The summed E-state index contributed by atoms with van der Waals surface area (Å²) in [5, 5.41) is 6.60. The number of nitrogens with one attached hydrogen (secondary N) is 1. The van der Waals surface area contributed by atoms with Crippen molar-refractivity contribution in [2.45, 2.75) is 25.8 Å². The van der Waals surface area contributed by atoms with E-state index in [1.54, 1.807) is 32.2 Å². The van der Waals surface area contributed by atoms with E-state index in [0.29, 0.717) is 22.7 Å². The second-order valence-electron chi connectivity index (χ2n) is 12.5. The maximum absolute atomic E-state index is 15.4. The molecule has 242 valence electrons. The highest BCUT2D eigenvalue weighted by atomic mass is 35.5. The van der Waals surface area contributed by atoms with Gasteiger partial charge in [-0.1, -0.05) is 41.4 Å². The van der Waals surface area contributed by atoms with Gasteiger partial charge in [0.05, 0.1) is 28.5 Å². The van der Waals surface area contributed by atoms with E-state index in [4.69, 9.17) is 32.9 Å². The van der Waals surface area contributed by atoms with Gasteiger partial charge in [0.1, 0.15) is 11.4 Å². The third kappa shape index (κ3) is 5.26. The highest BCUT2D eigenvalue weighted by molar-refractivity contribution is 6.39. The lowest BCUT2D eigenvalue weighted by Crippen LogP contribution is -2.72. The Labute approximate surface area is 280 Å². The monoisotopic (exact) mass is 676 g/mol. The van der Waals surface area contributed by atoms with Gasteiger partial charge in [0.25, 0.3) is 11.5 Å². The summed E-state index contributed by atoms with van der Waals surface area (Å²) in [4.78, 5) is 46.2. The number of hydrogen-bond donors (Lipinski definition) is 1. The molecule has 4 aromatic rings. The number of methoxy groups -OCH3 is 1. The number of anilines is 1. The summed E-state index contributed by atoms with van der Waals surface area (Å²) in [7, 11) is 3.03. The number of ether oxygens (including phenoxy) is 1. The summed E-state index contributed by atoms with van der Waals surface area (Å²) >= 11 is 13.7. The minimum Gasteiger partial charge on any atom is -0.481 e. The molecule has 1 unspecified atom stereocenters. The molecule has 4 heterocycles. The van der Waals surface area contributed by atoms with Gasteiger partial charge >= 0.3 is 0 Å². The zero-order valence-electron chi connectivity index (χ0n) is 25.9. The molecule has 47 heavy (non-hydrogen) atoms. The first-order valence-electron chi connectivity index (χ1n) is 15.2. The minimum atomic E-state index is -0.709. The van der Waals surface area contributed by atoms with Gasteiger partial charge in [-0.05, 0) is 42.7 Å². The maximum atomic E-state index is 15.4. The van der Waals surface area contributed by atoms with Crippen LogP contribution in [0.5, 0.6) is 5.88 Å². The van der Waals surface area contributed by atoms with Crippen LogP contribution in [0.2, 0.25) is 10.0 Å². The molecular formula is C34H31Cl2FN6O4. The second kappa shape index (κ2) is 11.7. The number of halogens is 3. The van der Waals surface area contributed by atoms with Crippen LogP contribution in [0.3, 0.4) is 0 Å². The number of rotatable bonds is 6. The molecule has 1 spiro atoms. The van der Waals surface area contributed by atoms with Crippen LogP contribution in [0.4, 0.5) is 10.1 Å². The number of aryl methyl sites for hydroxylation is 2. The molecule has 10 nitrogen and oxygen atoms in total. The molecule has 1 N–H and O–H groups in total. The summed E-state index contributed by atoms with van der Waals surface area (Å²) in [5.41, 5.74) is 3.23. The molecule has 2 aromatic heterocycles. The first-order chi connectivity index (χ1) is 22.5. The van der Waals surface area contributed by atoms with Crippen LogP contribution >= 0.6 is 23.2 Å². The zero-order valence-corrected chi connectivity index (χ0v) is 27.5. The van der Waals surface area contributed by atoms with Crippen LogP contribution in [0.15, 0.2) is 53.5 Å². The van der Waals surface area contributed by atoms with E-state index in [-0.39, 0.29) is 44.2 Å². The molecule has 7 rings (SSSR count). The topological polar surface area (TPSA) is 110 Å². The van der Waals surface area contributed by atoms with Crippen LogP contribution in [-0.2, 0) is 18.3 Å². The Morgan fingerprint density at radius 2 is 1.81 bits per heavy atom. The Balaban J connectivity index is 1.18. The number of nitrogens with zero attached hydrogens (tertiary/aromatic N) is 5. The Morgan fingerprint density at radius 1 is 1.06 bits per heavy atom. The maximum Gasteiger partial charge on any atom is 0.279 e. The lowest BCUT2D eigenvalue weighted by atomic mass is 9.72. The van der Waals surface area contributed by atoms with Crippen LogP contribution < -0.4 is 15.6 Å². The molecule has 0 saturated carbocycles. The van der Waals surface area contributed by atoms with Crippen molar-refractivity contribution in [2.75, 3.05) is 38.6 Å². The number of hydrogen-bond acceptors (Lipinski definition) is 7. The van der Waals surface area contributed by atoms with Gasteiger partial charge in [-0.2, -0.15) is 5.10 Å². The molecule has 2 aliphatic heterocycles. The van der Waals surface area contributed by atoms with Crippen molar-refractivity contribution >= 4 is 40.7 Å². The van der Waals surface area contributed by atoms with E-state index in [1.165, 1.54) is 31.4 Å². The van der Waals surface area contributed by atoms with E-state index < -0.39 is 17.3 Å². The number of benzene rings is 2. The molecular weight excluding hydrogens is 646 g/mol. The van der Waals surface area contributed by atoms with E-state index in [2.05, 4.69) is 15.3 Å². The summed E-state index contributed by atoms with van der Waals surface area (Å²) in [6.45, 7) is 5.11. The Hall–Kier alpha value is -4.32. The SMILES string of the molecule is COc1nc(-c2cccc(-c3c(F)ccc(NC(=O)c4ccnn(C)c4=O)c3Cl)c2Cl)cc2c1C(N1CC3(CN(C(C)=O)C3)C1)CC2. The van der Waals surface area contributed by atoms with E-state index in [9.17, 15) is 14.4 Å². The minimum absolute atomic E-state index is 0.00168. The number of likely N-dealkylation sites (tertiary alicyclic amines) is 2. The Bertz CT molecular complexity index is 2020. The number of aromatic nitrogens is 3. The van der Waals surface area contributed by atoms with Crippen molar-refractivity contribution in [3.05, 3.63) is 91.6 Å². The fourth-order valence-electron chi connectivity index (χ4n) is 7.15. The van der Waals surface area contributed by atoms with Gasteiger partial charge in [-0.25, -0.2) is 14.1 Å². The summed E-state index contributed by atoms with van der Waals surface area (Å²) in [6, 6.07) is 11.2. The van der Waals surface area contributed by atoms with E-state index >= 15 is 4.39 Å². The fraction of sp³-hybridized carbons (Fsp3) is 0.324. The summed E-state index contributed by atoms with van der Waals surface area (Å²) in [6.07, 6.45) is 3.11. The largest absolute Gasteiger partial charge is 0.481 e. The molecule has 0 bridgehead atoms. The molecule has 1 atom stereocenters. The first-order valence-corrected chi connectivity index (χ1v) is 15.9. The summed E-state index contributed by atoms with van der Waals surface area (Å²) in [5.74, 6) is -0.698. The average molecular weight is 678 g/mol. The molecule has 0 radical (unpaired) electrons. The molecule has 2 aromatic carbocycles. The van der Waals surface area contributed by atoms with Gasteiger partial charge in [0.15, 0.2) is 0 Å². The quantitative estimate of drug-likeness (QED) is 0.293. The van der Waals surface area contributed by atoms with Gasteiger partial charge in [-0.15, -0.1) is 0 Å². The standard InChI is InChI=1S/C34H31Cl2FN6O4/c1-18(44)42-14-34(15-42)16-43(17-34)26-10-7-19-13-25(40-32(47-3)27(19)26)20-5-4-6-21(29(20)35)28-23(37)8-9-24(30(28)36)39-31(45)22-11-12-38-41(2)33(22)46/h4-6,8-9,11-13,26H,7,10,14-17H2,1-3H3,(H,39,45). The van der Waals surface area contributed by atoms with Gasteiger partial charge in [-0.3, -0.25) is 19.3 Å². The van der Waals surface area contributed by atoms with Gasteiger partial charge < -0.3 is 15.0 Å². The smallest absolute Gasteiger partial charge is 0.279 e. The van der Waals surface area contributed by atoms with Crippen LogP contribution in [0.25, 0.3) is 22.4 Å². The van der Waals surface area contributed by atoms with Gasteiger partial charge in [0, 0.05) is 80.1 Å². The molecule has 2 amide bonds. The summed E-state index contributed by atoms with van der Waals surface area (Å²) < 4.78 is 22.3. The Kier molecular flexibility index (Phi) is 7.81. The number of pyridine rings is 1. The third-order valence-corrected chi connectivity index (χ3v) is 10.3. The van der Waals surface area contributed by atoms with Crippen molar-refractivity contribution in [2.24, 2.45) is 12.5 Å². The zero-order chi connectivity index (χ0) is 33.2. The third-order valence-electron chi connectivity index (χ3n) is 9.47. The number of fused-ring (bicyclic) bond motifs is 1. The normalized spacial score (nSPS) is 18.0. The van der Waals surface area contributed by atoms with Crippen molar-refractivity contribution in [3.8, 4) is 28.3 Å². The van der Waals surface area contributed by atoms with E-state index in [0.717, 1.165) is 54.8 Å². The van der Waals surface area contributed by atoms with Gasteiger partial charge in [0.2, 0.25) is 11.8 Å². The number of carbonyl (C=O) groups excluding carboxylic acids is 2. The lowest BCUT2D eigenvalue weighted by Gasteiger charge is -2.61. The highest BCUT2D eigenvalue weighted by Crippen LogP contribution is 2.50. The number of carbonyl (C=O) groups is 2. The molecule has 3 aliphatic rings. The molecule has 2 fully saturated rings. The van der Waals surface area contributed by atoms with Crippen LogP contribution in [0.1, 0.15) is 40.9 Å². The molecule has 1 aliphatic carbocycles. The van der Waals surface area contributed by atoms with Crippen molar-refractivity contribution in [1.82, 2.24) is 24.6 Å². The first kappa shape index (κ1) is 31.3. The Morgan fingerprint density at radius 3 is 2.53 bits per heavy atom. The second-order valence-corrected chi connectivity index (χ2v) is 13.3. The highest BCUT2D eigenvalue weighted by Gasteiger charge is 2.55. The van der Waals surface area contributed by atoms with E-state index in [1.807, 2.05) is 11.0 Å².